The monoisotopic (exact) mass is 358 g/mol. The van der Waals surface area contributed by atoms with E-state index in [0.717, 1.165) is 25.7 Å². The Bertz CT molecular complexity index is 722. The zero-order valence-corrected chi connectivity index (χ0v) is 16.0. The first-order valence-electron chi connectivity index (χ1n) is 9.98. The van der Waals surface area contributed by atoms with E-state index in [1.165, 1.54) is 5.57 Å². The van der Waals surface area contributed by atoms with Gasteiger partial charge in [-0.1, -0.05) is 32.4 Å². The van der Waals surface area contributed by atoms with Crippen molar-refractivity contribution in [3.63, 3.8) is 0 Å². The normalized spacial score (nSPS) is 49.9. The van der Waals surface area contributed by atoms with Crippen molar-refractivity contribution in [2.45, 2.75) is 58.5 Å². The van der Waals surface area contributed by atoms with Gasteiger partial charge in [0, 0.05) is 10.8 Å². The van der Waals surface area contributed by atoms with Crippen LogP contribution in [0.15, 0.2) is 23.8 Å². The third-order valence-corrected chi connectivity index (χ3v) is 8.56. The summed E-state index contributed by atoms with van der Waals surface area (Å²) in [7, 11) is 0. The predicted molar refractivity (Wildman–Crippen MR) is 98.2 cm³/mol. The molecule has 3 saturated carbocycles. The number of Topliss-reactive ketones (excluding diaryl/α,β-unsaturated/α-hetero) is 1. The highest BCUT2D eigenvalue weighted by molar-refractivity contribution is 6.01. The van der Waals surface area contributed by atoms with E-state index in [0.29, 0.717) is 24.2 Å². The molecule has 3 unspecified atom stereocenters. The zero-order valence-electron chi connectivity index (χ0n) is 16.0. The van der Waals surface area contributed by atoms with Crippen LogP contribution in [-0.4, -0.2) is 34.0 Å². The second-order valence-corrected chi connectivity index (χ2v) is 9.60. The Labute approximate surface area is 155 Å². The minimum Gasteiger partial charge on any atom is -0.388 e. The van der Waals surface area contributed by atoms with Gasteiger partial charge < -0.3 is 10.2 Å². The molecular weight excluding hydrogens is 328 g/mol. The maximum Gasteiger partial charge on any atom is 0.190 e. The molecular formula is C22H30O4. The molecule has 0 amide bonds. The van der Waals surface area contributed by atoms with E-state index in [-0.39, 0.29) is 17.1 Å². The second-order valence-electron chi connectivity index (χ2n) is 9.60. The number of rotatable bonds is 2. The smallest absolute Gasteiger partial charge is 0.190 e. The first-order valence-corrected chi connectivity index (χ1v) is 9.98. The Balaban J connectivity index is 1.75. The number of aliphatic hydroxyl groups excluding tert-OH is 1. The molecule has 142 valence electrons. The number of allylic oxidation sites excluding steroid dienone is 4. The van der Waals surface area contributed by atoms with E-state index >= 15 is 0 Å². The van der Waals surface area contributed by atoms with E-state index in [2.05, 4.69) is 26.8 Å². The Morgan fingerprint density at radius 3 is 2.73 bits per heavy atom. The number of fused-ring (bicyclic) bond motifs is 5. The van der Waals surface area contributed by atoms with Crippen molar-refractivity contribution < 1.29 is 19.8 Å². The van der Waals surface area contributed by atoms with Gasteiger partial charge in [0.2, 0.25) is 0 Å². The lowest BCUT2D eigenvalue weighted by molar-refractivity contribution is -0.169. The highest BCUT2D eigenvalue weighted by Crippen LogP contribution is 2.68. The molecule has 4 nitrogen and oxygen atoms in total. The van der Waals surface area contributed by atoms with Crippen LogP contribution in [-0.2, 0) is 9.59 Å². The number of ketones is 2. The van der Waals surface area contributed by atoms with Gasteiger partial charge >= 0.3 is 0 Å². The Morgan fingerprint density at radius 1 is 1.31 bits per heavy atom. The molecule has 4 aliphatic carbocycles. The van der Waals surface area contributed by atoms with Crippen LogP contribution in [0.3, 0.4) is 0 Å². The van der Waals surface area contributed by atoms with Crippen LogP contribution < -0.4 is 0 Å². The van der Waals surface area contributed by atoms with Crippen molar-refractivity contribution in [2.75, 3.05) is 6.61 Å². The summed E-state index contributed by atoms with van der Waals surface area (Å²) in [5.41, 5.74) is -0.721. The Morgan fingerprint density at radius 2 is 2.04 bits per heavy atom. The molecule has 4 aliphatic rings. The molecule has 0 aliphatic heterocycles. The molecule has 3 fully saturated rings. The lowest BCUT2D eigenvalue weighted by Crippen LogP contribution is -2.59. The molecule has 26 heavy (non-hydrogen) atoms. The fourth-order valence-corrected chi connectivity index (χ4v) is 7.48. The summed E-state index contributed by atoms with van der Waals surface area (Å²) in [5.74, 6) is 1.16. The summed E-state index contributed by atoms with van der Waals surface area (Å²) in [6.07, 6.45) is 9.67. The highest BCUT2D eigenvalue weighted by atomic mass is 16.3. The van der Waals surface area contributed by atoms with E-state index in [9.17, 15) is 19.8 Å². The number of aliphatic hydroxyl groups is 2. The number of hydrogen-bond acceptors (Lipinski definition) is 4. The maximum atomic E-state index is 12.4. The van der Waals surface area contributed by atoms with Crippen LogP contribution >= 0.6 is 0 Å². The predicted octanol–water partition coefficient (Wildman–Crippen LogP) is 2.83. The van der Waals surface area contributed by atoms with Gasteiger partial charge in [-0.05, 0) is 67.9 Å². The summed E-state index contributed by atoms with van der Waals surface area (Å²) in [4.78, 5) is 24.3. The molecule has 0 heterocycles. The van der Waals surface area contributed by atoms with Gasteiger partial charge in [-0.25, -0.2) is 0 Å². The average Bonchev–Trinajstić information content (AvgIpc) is 2.86. The summed E-state index contributed by atoms with van der Waals surface area (Å²) >= 11 is 0. The molecule has 2 N–H and O–H groups in total. The van der Waals surface area contributed by atoms with Gasteiger partial charge in [-0.2, -0.15) is 0 Å². The number of hydrogen-bond donors (Lipinski definition) is 2. The molecule has 4 heteroatoms. The topological polar surface area (TPSA) is 74.6 Å². The number of carbonyl (C=O) groups excluding carboxylic acids is 2. The SMILES string of the molecule is CC1CC2(C)[C@@H](CC[C@]2(O)C(=O)CO)C2CCC3=CC(=O)C=C[C@]3(C)[C@@H]12. The fraction of sp³-hybridized carbons (Fsp3) is 0.727. The zero-order chi connectivity index (χ0) is 18.9. The molecule has 0 bridgehead atoms. The van der Waals surface area contributed by atoms with Gasteiger partial charge in [-0.15, -0.1) is 0 Å². The van der Waals surface area contributed by atoms with Gasteiger partial charge in [-0.3, -0.25) is 9.59 Å². The first kappa shape index (κ1) is 18.1. The van der Waals surface area contributed by atoms with Crippen molar-refractivity contribution >= 4 is 11.6 Å². The van der Waals surface area contributed by atoms with E-state index < -0.39 is 23.4 Å². The second kappa shape index (κ2) is 5.62. The van der Waals surface area contributed by atoms with E-state index in [1.807, 2.05) is 6.08 Å². The summed E-state index contributed by atoms with van der Waals surface area (Å²) < 4.78 is 0. The van der Waals surface area contributed by atoms with E-state index in [4.69, 9.17) is 0 Å². The lowest BCUT2D eigenvalue weighted by atomic mass is 9.44. The van der Waals surface area contributed by atoms with Crippen molar-refractivity contribution in [1.29, 1.82) is 0 Å². The van der Waals surface area contributed by atoms with Gasteiger partial charge in [0.1, 0.15) is 12.2 Å². The van der Waals surface area contributed by atoms with Gasteiger partial charge in [0.25, 0.3) is 0 Å². The summed E-state index contributed by atoms with van der Waals surface area (Å²) in [6.45, 7) is 5.98. The Kier molecular flexibility index (Phi) is 3.92. The largest absolute Gasteiger partial charge is 0.388 e. The van der Waals surface area contributed by atoms with Gasteiger partial charge in [0.15, 0.2) is 11.6 Å². The standard InChI is InChI=1S/C22H30O4/c1-13-11-21(3)17(7-9-22(21,26)18(25)12-23)16-5-4-14-10-15(24)6-8-20(14,2)19(13)16/h6,8,10,13,16-17,19,23,26H,4-5,7,9,11-12H2,1-3H3/t13?,16?,17-,19-,20-,21?,22-/m0/s1. The van der Waals surface area contributed by atoms with Crippen LogP contribution in [0.5, 0.6) is 0 Å². The Hall–Kier alpha value is -1.26. The molecule has 0 aromatic heterocycles. The van der Waals surface area contributed by atoms with Crippen LogP contribution in [0.1, 0.15) is 52.9 Å². The minimum atomic E-state index is -1.40. The first-order chi connectivity index (χ1) is 12.2. The molecule has 0 aromatic carbocycles. The van der Waals surface area contributed by atoms with Crippen molar-refractivity contribution in [2.24, 2.45) is 34.5 Å². The van der Waals surface area contributed by atoms with Crippen molar-refractivity contribution in [1.82, 2.24) is 0 Å². The molecule has 0 spiro atoms. The molecule has 0 radical (unpaired) electrons. The third-order valence-electron chi connectivity index (χ3n) is 8.56. The molecule has 0 aromatic rings. The molecule has 4 rings (SSSR count). The summed E-state index contributed by atoms with van der Waals surface area (Å²) in [5, 5.41) is 20.7. The fourth-order valence-electron chi connectivity index (χ4n) is 7.48. The lowest BCUT2D eigenvalue weighted by Gasteiger charge is -2.60. The van der Waals surface area contributed by atoms with Gasteiger partial charge in [0.05, 0.1) is 0 Å². The summed E-state index contributed by atoms with van der Waals surface area (Å²) in [6, 6.07) is 0. The van der Waals surface area contributed by atoms with Crippen LogP contribution in [0.25, 0.3) is 0 Å². The van der Waals surface area contributed by atoms with E-state index in [1.54, 1.807) is 6.08 Å². The molecule has 7 atom stereocenters. The highest BCUT2D eigenvalue weighted by Gasteiger charge is 2.67. The quantitative estimate of drug-likeness (QED) is 0.796. The van der Waals surface area contributed by atoms with Crippen molar-refractivity contribution in [3.8, 4) is 0 Å². The van der Waals surface area contributed by atoms with Crippen LogP contribution in [0, 0.1) is 34.5 Å². The maximum absolute atomic E-state index is 12.4. The molecule has 0 saturated heterocycles. The number of carbonyl (C=O) groups is 2. The average molecular weight is 358 g/mol. The third kappa shape index (κ3) is 2.09. The van der Waals surface area contributed by atoms with Crippen molar-refractivity contribution in [3.05, 3.63) is 23.8 Å². The minimum absolute atomic E-state index is 0.0907. The van der Waals surface area contributed by atoms with Crippen LogP contribution in [0.2, 0.25) is 0 Å². The van der Waals surface area contributed by atoms with Crippen LogP contribution in [0.4, 0.5) is 0 Å².